The molecule has 2 aromatic heterocycles. The molecule has 0 unspecified atom stereocenters. The lowest BCUT2D eigenvalue weighted by Crippen LogP contribution is -2.22. The summed E-state index contributed by atoms with van der Waals surface area (Å²) in [4.78, 5) is 12.2. The molecular weight excluding hydrogens is 265 g/mol. The molecule has 1 aliphatic heterocycles. The molecule has 0 saturated heterocycles. The molecule has 0 saturated carbocycles. The van der Waals surface area contributed by atoms with E-state index in [2.05, 4.69) is 18.9 Å². The maximum absolute atomic E-state index is 14.5. The Balaban J connectivity index is 2.27. The molecular formula is C13H16FN3OS. The number of rotatable bonds is 2. The zero-order valence-electron chi connectivity index (χ0n) is 11.2. The summed E-state index contributed by atoms with van der Waals surface area (Å²) < 4.78 is 17.7. The first-order valence-corrected chi connectivity index (χ1v) is 7.59. The molecule has 0 amide bonds. The highest BCUT2D eigenvalue weighted by atomic mass is 32.2. The molecule has 3 heterocycles. The molecule has 0 radical (unpaired) electrons. The van der Waals surface area contributed by atoms with Gasteiger partial charge in [-0.15, -0.1) is 11.8 Å². The van der Waals surface area contributed by atoms with E-state index in [0.29, 0.717) is 23.5 Å². The van der Waals surface area contributed by atoms with Crippen LogP contribution >= 0.6 is 11.8 Å². The second-order valence-corrected chi connectivity index (χ2v) is 6.65. The van der Waals surface area contributed by atoms with Crippen molar-refractivity contribution in [1.29, 1.82) is 0 Å². The molecule has 0 bridgehead atoms. The second-order valence-electron chi connectivity index (χ2n) is 5.82. The molecule has 0 N–H and O–H groups in total. The summed E-state index contributed by atoms with van der Waals surface area (Å²) in [6.45, 7) is 4.94. The largest absolute Gasteiger partial charge is 0.340 e. The fourth-order valence-electron chi connectivity index (χ4n) is 2.80. The van der Waals surface area contributed by atoms with Gasteiger partial charge in [-0.25, -0.2) is 9.07 Å². The zero-order chi connectivity index (χ0) is 13.8. The van der Waals surface area contributed by atoms with Gasteiger partial charge in [0.05, 0.1) is 23.3 Å². The van der Waals surface area contributed by atoms with Crippen LogP contribution in [-0.2, 0) is 18.8 Å². The quantitative estimate of drug-likeness (QED) is 0.847. The first-order chi connectivity index (χ1) is 8.94. The molecule has 0 fully saturated rings. The van der Waals surface area contributed by atoms with Crippen LogP contribution in [0.25, 0.3) is 10.9 Å². The van der Waals surface area contributed by atoms with Crippen molar-refractivity contribution < 1.29 is 4.39 Å². The van der Waals surface area contributed by atoms with Gasteiger partial charge in [0.25, 0.3) is 5.56 Å². The SMILES string of the molecule is CSCn1ncc2c(c(F)c3n2CC(C)(C)C3)c1=O. The van der Waals surface area contributed by atoms with Gasteiger partial charge in [0, 0.05) is 6.54 Å². The van der Waals surface area contributed by atoms with Crippen LogP contribution in [0, 0.1) is 11.2 Å². The average Bonchev–Trinajstić information content (AvgIpc) is 2.78. The molecule has 6 heteroatoms. The van der Waals surface area contributed by atoms with E-state index in [4.69, 9.17) is 0 Å². The Morgan fingerprint density at radius 1 is 1.53 bits per heavy atom. The maximum atomic E-state index is 14.5. The highest BCUT2D eigenvalue weighted by Gasteiger charge is 2.34. The zero-order valence-corrected chi connectivity index (χ0v) is 12.1. The fraction of sp³-hybridized carbons (Fsp3) is 0.538. The van der Waals surface area contributed by atoms with Crippen molar-refractivity contribution in [1.82, 2.24) is 14.3 Å². The summed E-state index contributed by atoms with van der Waals surface area (Å²) >= 11 is 1.49. The van der Waals surface area contributed by atoms with Crippen molar-refractivity contribution in [3.05, 3.63) is 28.1 Å². The molecule has 19 heavy (non-hydrogen) atoms. The van der Waals surface area contributed by atoms with Gasteiger partial charge in [-0.1, -0.05) is 13.8 Å². The Labute approximate surface area is 114 Å². The predicted octanol–water partition coefficient (Wildman–Crippen LogP) is 2.24. The summed E-state index contributed by atoms with van der Waals surface area (Å²) in [5.74, 6) is 0.0862. The summed E-state index contributed by atoms with van der Waals surface area (Å²) in [7, 11) is 0. The summed E-state index contributed by atoms with van der Waals surface area (Å²) in [5.41, 5.74) is 0.976. The van der Waals surface area contributed by atoms with Crippen LogP contribution in [-0.4, -0.2) is 20.6 Å². The minimum atomic E-state index is -0.358. The monoisotopic (exact) mass is 281 g/mol. The first-order valence-electron chi connectivity index (χ1n) is 6.20. The minimum absolute atomic E-state index is 0.0402. The molecule has 3 rings (SSSR count). The smallest absolute Gasteiger partial charge is 0.279 e. The van der Waals surface area contributed by atoms with E-state index in [1.165, 1.54) is 16.4 Å². The Kier molecular flexibility index (Phi) is 2.74. The fourth-order valence-corrected chi connectivity index (χ4v) is 3.23. The van der Waals surface area contributed by atoms with Crippen molar-refractivity contribution >= 4 is 22.7 Å². The third kappa shape index (κ3) is 1.81. The van der Waals surface area contributed by atoms with Crippen molar-refractivity contribution in [3.63, 3.8) is 0 Å². The summed E-state index contributed by atoms with van der Waals surface area (Å²) in [5, 5.41) is 4.32. The average molecular weight is 281 g/mol. The Bertz CT molecular complexity index is 717. The Hall–Kier alpha value is -1.30. The normalized spacial score (nSPS) is 17.1. The van der Waals surface area contributed by atoms with Crippen molar-refractivity contribution in [2.75, 3.05) is 6.26 Å². The number of halogens is 1. The number of fused-ring (bicyclic) bond motifs is 3. The minimum Gasteiger partial charge on any atom is -0.340 e. The van der Waals surface area contributed by atoms with Gasteiger partial charge in [-0.3, -0.25) is 4.79 Å². The van der Waals surface area contributed by atoms with E-state index in [9.17, 15) is 9.18 Å². The molecule has 0 spiro atoms. The molecule has 0 aromatic carbocycles. The highest BCUT2D eigenvalue weighted by molar-refractivity contribution is 7.97. The molecule has 1 aliphatic rings. The lowest BCUT2D eigenvalue weighted by atomic mass is 9.91. The summed E-state index contributed by atoms with van der Waals surface area (Å²) in [6.07, 6.45) is 4.16. The van der Waals surface area contributed by atoms with Crippen LogP contribution < -0.4 is 5.56 Å². The van der Waals surface area contributed by atoms with Crippen LogP contribution in [0.2, 0.25) is 0 Å². The van der Waals surface area contributed by atoms with Crippen LogP contribution in [0.15, 0.2) is 11.0 Å². The van der Waals surface area contributed by atoms with E-state index in [-0.39, 0.29) is 22.2 Å². The first kappa shape index (κ1) is 12.7. The summed E-state index contributed by atoms with van der Waals surface area (Å²) in [6, 6.07) is 0. The van der Waals surface area contributed by atoms with Gasteiger partial charge in [-0.2, -0.15) is 5.10 Å². The van der Waals surface area contributed by atoms with E-state index < -0.39 is 0 Å². The Morgan fingerprint density at radius 2 is 2.26 bits per heavy atom. The lowest BCUT2D eigenvalue weighted by Gasteiger charge is -2.15. The number of hydrogen-bond acceptors (Lipinski definition) is 3. The third-order valence-corrected chi connectivity index (χ3v) is 4.10. The maximum Gasteiger partial charge on any atom is 0.279 e. The molecule has 4 nitrogen and oxygen atoms in total. The second kappa shape index (κ2) is 4.10. The third-order valence-electron chi connectivity index (χ3n) is 3.60. The number of hydrogen-bond donors (Lipinski definition) is 0. The standard InChI is InChI=1S/C13H16FN3OS/c1-13(2)4-8-11(14)10-9(16(8)6-13)5-15-17(7-19-3)12(10)18/h5H,4,6-7H2,1-3H3. The van der Waals surface area contributed by atoms with Crippen molar-refractivity contribution in [2.24, 2.45) is 5.41 Å². The number of thioether (sulfide) groups is 1. The van der Waals surface area contributed by atoms with Gasteiger partial charge in [0.1, 0.15) is 5.39 Å². The van der Waals surface area contributed by atoms with E-state index >= 15 is 0 Å². The van der Waals surface area contributed by atoms with Crippen molar-refractivity contribution in [3.8, 4) is 0 Å². The van der Waals surface area contributed by atoms with Gasteiger partial charge in [0.15, 0.2) is 5.82 Å². The molecule has 0 aliphatic carbocycles. The van der Waals surface area contributed by atoms with E-state index in [0.717, 1.165) is 6.54 Å². The van der Waals surface area contributed by atoms with Gasteiger partial charge in [-0.05, 0) is 18.1 Å². The molecule has 2 aromatic rings. The van der Waals surface area contributed by atoms with E-state index in [1.54, 1.807) is 6.20 Å². The Morgan fingerprint density at radius 3 is 2.95 bits per heavy atom. The lowest BCUT2D eigenvalue weighted by molar-refractivity contribution is 0.361. The van der Waals surface area contributed by atoms with Crippen molar-refractivity contribution in [2.45, 2.75) is 32.7 Å². The van der Waals surface area contributed by atoms with Crippen LogP contribution in [0.3, 0.4) is 0 Å². The number of nitrogens with zero attached hydrogens (tertiary/aromatic N) is 3. The van der Waals surface area contributed by atoms with Crippen LogP contribution in [0.1, 0.15) is 19.5 Å². The van der Waals surface area contributed by atoms with Gasteiger partial charge < -0.3 is 4.57 Å². The topological polar surface area (TPSA) is 39.8 Å². The van der Waals surface area contributed by atoms with Crippen LogP contribution in [0.5, 0.6) is 0 Å². The van der Waals surface area contributed by atoms with Crippen LogP contribution in [0.4, 0.5) is 4.39 Å². The number of aromatic nitrogens is 3. The molecule has 0 atom stereocenters. The molecule has 102 valence electrons. The van der Waals surface area contributed by atoms with Gasteiger partial charge >= 0.3 is 0 Å². The highest BCUT2D eigenvalue weighted by Crippen LogP contribution is 2.37. The van der Waals surface area contributed by atoms with Gasteiger partial charge in [0.2, 0.25) is 0 Å². The predicted molar refractivity (Wildman–Crippen MR) is 75.0 cm³/mol. The van der Waals surface area contributed by atoms with E-state index in [1.807, 2.05) is 10.8 Å².